The number of sulfonamides is 1. The standard InChI is InChI=1S/C23H27NO3SSi/c1-22(2,3)29-27-23(18-10-6-4-7-11-18,19-12-8-5-9-13-19)20-14-16-21(17-15-20)28(24,25)26/h4-17H,29H2,1-3H3,(H2,24,25,26). The van der Waals surface area contributed by atoms with Crippen LogP contribution in [-0.2, 0) is 20.1 Å². The summed E-state index contributed by atoms with van der Waals surface area (Å²) in [6.07, 6.45) is 0. The lowest BCUT2D eigenvalue weighted by atomic mass is 9.80. The molecule has 0 aromatic heterocycles. The highest BCUT2D eigenvalue weighted by Gasteiger charge is 2.38. The first-order chi connectivity index (χ1) is 13.6. The highest BCUT2D eigenvalue weighted by molar-refractivity contribution is 7.89. The van der Waals surface area contributed by atoms with Crippen LogP contribution in [0, 0.1) is 0 Å². The fourth-order valence-corrected chi connectivity index (χ4v) is 4.96. The molecule has 0 heterocycles. The average molecular weight is 426 g/mol. The Labute approximate surface area is 175 Å². The molecular formula is C23H27NO3SSi. The number of primary sulfonamides is 1. The van der Waals surface area contributed by atoms with E-state index in [0.717, 1.165) is 16.7 Å². The lowest BCUT2D eigenvalue weighted by Crippen LogP contribution is -2.36. The van der Waals surface area contributed by atoms with E-state index in [2.05, 4.69) is 45.0 Å². The van der Waals surface area contributed by atoms with Gasteiger partial charge in [0.25, 0.3) is 0 Å². The first-order valence-electron chi connectivity index (χ1n) is 9.51. The minimum atomic E-state index is -3.76. The summed E-state index contributed by atoms with van der Waals surface area (Å²) in [5.74, 6) is 0. The van der Waals surface area contributed by atoms with E-state index in [0.29, 0.717) is 0 Å². The summed E-state index contributed by atoms with van der Waals surface area (Å²) in [5, 5.41) is 5.38. The first kappa shape index (κ1) is 21.5. The molecule has 6 heteroatoms. The molecule has 0 bridgehead atoms. The zero-order valence-corrected chi connectivity index (χ0v) is 19.2. The van der Waals surface area contributed by atoms with E-state index in [-0.39, 0.29) is 9.93 Å². The molecule has 0 aliphatic rings. The molecule has 0 spiro atoms. The molecule has 3 aromatic rings. The van der Waals surface area contributed by atoms with Crippen LogP contribution in [0.5, 0.6) is 0 Å². The summed E-state index contributed by atoms with van der Waals surface area (Å²) in [4.78, 5) is 0.0874. The van der Waals surface area contributed by atoms with Gasteiger partial charge in [-0.3, -0.25) is 0 Å². The Morgan fingerprint density at radius 2 is 1.14 bits per heavy atom. The van der Waals surface area contributed by atoms with Gasteiger partial charge >= 0.3 is 0 Å². The van der Waals surface area contributed by atoms with Crippen molar-refractivity contribution in [3.05, 3.63) is 102 Å². The lowest BCUT2D eigenvalue weighted by Gasteiger charge is -2.38. The van der Waals surface area contributed by atoms with Crippen LogP contribution in [0.2, 0.25) is 5.04 Å². The number of rotatable bonds is 6. The van der Waals surface area contributed by atoms with Crippen molar-refractivity contribution in [1.82, 2.24) is 0 Å². The molecule has 0 saturated carbocycles. The molecule has 0 saturated heterocycles. The predicted molar refractivity (Wildman–Crippen MR) is 120 cm³/mol. The summed E-state index contributed by atoms with van der Waals surface area (Å²) in [6, 6.07) is 26.8. The van der Waals surface area contributed by atoms with Crippen LogP contribution in [0.25, 0.3) is 0 Å². The normalized spacial score (nSPS) is 13.1. The fourth-order valence-electron chi connectivity index (χ4n) is 3.30. The Kier molecular flexibility index (Phi) is 6.10. The van der Waals surface area contributed by atoms with E-state index in [1.165, 1.54) is 0 Å². The van der Waals surface area contributed by atoms with Crippen LogP contribution < -0.4 is 5.14 Å². The first-order valence-corrected chi connectivity index (χ1v) is 12.3. The lowest BCUT2D eigenvalue weighted by molar-refractivity contribution is 0.156. The van der Waals surface area contributed by atoms with Crippen molar-refractivity contribution >= 4 is 19.8 Å². The molecule has 0 radical (unpaired) electrons. The maximum atomic E-state index is 11.7. The van der Waals surface area contributed by atoms with Crippen LogP contribution in [-0.4, -0.2) is 18.2 Å². The Morgan fingerprint density at radius 1 is 0.724 bits per heavy atom. The Hall–Kier alpha value is -2.25. The third-order valence-corrected chi connectivity index (χ3v) is 7.04. The molecule has 2 N–H and O–H groups in total. The zero-order valence-electron chi connectivity index (χ0n) is 17.0. The van der Waals surface area contributed by atoms with Crippen LogP contribution in [0.3, 0.4) is 0 Å². The second-order valence-corrected chi connectivity index (χ2v) is 12.6. The van der Waals surface area contributed by atoms with Crippen molar-refractivity contribution in [3.63, 3.8) is 0 Å². The molecule has 4 nitrogen and oxygen atoms in total. The molecule has 29 heavy (non-hydrogen) atoms. The molecular weight excluding hydrogens is 398 g/mol. The number of benzene rings is 3. The molecule has 3 rings (SSSR count). The highest BCUT2D eigenvalue weighted by Crippen LogP contribution is 2.42. The van der Waals surface area contributed by atoms with Gasteiger partial charge in [-0.15, -0.1) is 0 Å². The maximum absolute atomic E-state index is 11.7. The van der Waals surface area contributed by atoms with Crippen LogP contribution >= 0.6 is 0 Å². The highest BCUT2D eigenvalue weighted by atomic mass is 32.2. The van der Waals surface area contributed by atoms with Gasteiger partial charge in [0.2, 0.25) is 10.0 Å². The second kappa shape index (κ2) is 8.24. The molecule has 0 atom stereocenters. The van der Waals surface area contributed by atoms with E-state index in [1.807, 2.05) is 36.4 Å². The second-order valence-electron chi connectivity index (χ2n) is 8.33. The summed E-state index contributed by atoms with van der Waals surface area (Å²) in [7, 11) is -4.73. The van der Waals surface area contributed by atoms with Gasteiger partial charge in [0.05, 0.1) is 4.90 Å². The van der Waals surface area contributed by atoms with Gasteiger partial charge in [-0.1, -0.05) is 93.6 Å². The summed E-state index contributed by atoms with van der Waals surface area (Å²) >= 11 is 0. The van der Waals surface area contributed by atoms with E-state index in [1.54, 1.807) is 24.3 Å². The van der Waals surface area contributed by atoms with Crippen molar-refractivity contribution in [2.24, 2.45) is 5.14 Å². The largest absolute Gasteiger partial charge is 0.406 e. The van der Waals surface area contributed by atoms with Crippen molar-refractivity contribution in [2.45, 2.75) is 36.3 Å². The van der Waals surface area contributed by atoms with Gasteiger partial charge in [-0.05, 0) is 33.9 Å². The average Bonchev–Trinajstić information content (AvgIpc) is 2.69. The van der Waals surface area contributed by atoms with Gasteiger partial charge in [0.15, 0.2) is 9.76 Å². The Bertz CT molecular complexity index is 1010. The number of nitrogens with two attached hydrogens (primary N) is 1. The summed E-state index contributed by atoms with van der Waals surface area (Å²) in [5.41, 5.74) is 2.07. The van der Waals surface area contributed by atoms with Crippen molar-refractivity contribution in [3.8, 4) is 0 Å². The van der Waals surface area contributed by atoms with Crippen molar-refractivity contribution < 1.29 is 12.8 Å². The molecule has 0 fully saturated rings. The van der Waals surface area contributed by atoms with E-state index in [9.17, 15) is 8.42 Å². The Morgan fingerprint density at radius 3 is 1.52 bits per heavy atom. The number of hydrogen-bond donors (Lipinski definition) is 1. The van der Waals surface area contributed by atoms with Gasteiger partial charge in [-0.25, -0.2) is 13.6 Å². The van der Waals surface area contributed by atoms with E-state index < -0.39 is 25.4 Å². The topological polar surface area (TPSA) is 69.4 Å². The van der Waals surface area contributed by atoms with Crippen LogP contribution in [0.1, 0.15) is 37.5 Å². The molecule has 0 aliphatic carbocycles. The van der Waals surface area contributed by atoms with Gasteiger partial charge in [0, 0.05) is 0 Å². The van der Waals surface area contributed by atoms with Gasteiger partial charge in [-0.2, -0.15) is 0 Å². The van der Waals surface area contributed by atoms with Crippen LogP contribution in [0.15, 0.2) is 89.8 Å². The van der Waals surface area contributed by atoms with Gasteiger partial charge < -0.3 is 4.43 Å². The van der Waals surface area contributed by atoms with E-state index in [4.69, 9.17) is 9.56 Å². The minimum Gasteiger partial charge on any atom is -0.406 e. The smallest absolute Gasteiger partial charge is 0.238 e. The van der Waals surface area contributed by atoms with Crippen molar-refractivity contribution in [1.29, 1.82) is 0 Å². The predicted octanol–water partition coefficient (Wildman–Crippen LogP) is 3.94. The SMILES string of the molecule is CC(C)(C)[SiH2]OC(c1ccccc1)(c1ccccc1)c1ccc(S(N)(=O)=O)cc1. The fraction of sp³-hybridized carbons (Fsp3) is 0.217. The third-order valence-electron chi connectivity index (χ3n) is 4.67. The number of hydrogen-bond acceptors (Lipinski definition) is 3. The molecule has 0 amide bonds. The van der Waals surface area contributed by atoms with Crippen molar-refractivity contribution in [2.75, 3.05) is 0 Å². The molecule has 0 aliphatic heterocycles. The van der Waals surface area contributed by atoms with E-state index >= 15 is 0 Å². The Balaban J connectivity index is 2.26. The van der Waals surface area contributed by atoms with Gasteiger partial charge in [0.1, 0.15) is 5.60 Å². The third kappa shape index (κ3) is 4.84. The summed E-state index contributed by atoms with van der Waals surface area (Å²) < 4.78 is 30.3. The van der Waals surface area contributed by atoms with Crippen LogP contribution in [0.4, 0.5) is 0 Å². The minimum absolute atomic E-state index is 0.0787. The molecule has 3 aromatic carbocycles. The molecule has 0 unspecified atom stereocenters. The molecule has 152 valence electrons. The maximum Gasteiger partial charge on any atom is 0.238 e. The monoisotopic (exact) mass is 425 g/mol. The quantitative estimate of drug-likeness (QED) is 0.480. The zero-order chi connectivity index (χ0) is 21.1. The summed E-state index contributed by atoms with van der Waals surface area (Å²) in [6.45, 7) is 6.55.